The highest BCUT2D eigenvalue weighted by atomic mass is 16.2. The summed E-state index contributed by atoms with van der Waals surface area (Å²) in [5.74, 6) is -4.00. The van der Waals surface area contributed by atoms with E-state index in [0.29, 0.717) is 31.6 Å². The van der Waals surface area contributed by atoms with Crippen LogP contribution in [0.5, 0.6) is 0 Å². The number of primary amides is 1. The topological polar surface area (TPSA) is 290 Å². The molecule has 0 bridgehead atoms. The fourth-order valence-electron chi connectivity index (χ4n) is 8.00. The Labute approximate surface area is 376 Å². The molecule has 6 amide bonds. The SMILES string of the molecule is C[C@@H]1N=c2ccccc2=C1C[C@@H](NC(=O)[C@@H](N)CC1=NC=NC1)C(=O)N[C@@H](C)C(=O)N[C@@H](CC1=c2ccccc2=NC1)C(=O)N[C@H](Cc1ccccc1)C(=O)N[C@@H](CCCCN)C(N)=O. The first-order chi connectivity index (χ1) is 31.3. The van der Waals surface area contributed by atoms with E-state index in [2.05, 4.69) is 41.6 Å². The van der Waals surface area contributed by atoms with Crippen LogP contribution in [0.3, 0.4) is 0 Å². The minimum absolute atomic E-state index is 0.0213. The predicted molar refractivity (Wildman–Crippen MR) is 246 cm³/mol. The van der Waals surface area contributed by atoms with Gasteiger partial charge in [0.1, 0.15) is 36.5 Å². The number of hydrogen-bond acceptors (Lipinski definition) is 12. The number of benzene rings is 3. The number of hydrogen-bond donors (Lipinski definition) is 8. The summed E-state index contributed by atoms with van der Waals surface area (Å²) in [6.07, 6.45) is 3.13. The van der Waals surface area contributed by atoms with Gasteiger partial charge in [-0.1, -0.05) is 66.7 Å². The second-order valence-corrected chi connectivity index (χ2v) is 16.5. The van der Waals surface area contributed by atoms with Crippen molar-refractivity contribution in [2.24, 2.45) is 37.2 Å². The lowest BCUT2D eigenvalue weighted by molar-refractivity contribution is -0.134. The molecule has 0 radical (unpaired) electrons. The molecule has 0 aromatic heterocycles. The third kappa shape index (κ3) is 12.9. The van der Waals surface area contributed by atoms with Gasteiger partial charge in [-0.3, -0.25) is 43.7 Å². The molecule has 6 rings (SSSR count). The largest absolute Gasteiger partial charge is 0.368 e. The molecule has 11 N–H and O–H groups in total. The van der Waals surface area contributed by atoms with Crippen molar-refractivity contribution < 1.29 is 28.8 Å². The third-order valence-corrected chi connectivity index (χ3v) is 11.6. The fourth-order valence-corrected chi connectivity index (χ4v) is 8.00. The summed E-state index contributed by atoms with van der Waals surface area (Å²) in [6, 6.07) is 16.9. The Morgan fingerprint density at radius 1 is 0.662 bits per heavy atom. The highest BCUT2D eigenvalue weighted by molar-refractivity contribution is 6.01. The maximum atomic E-state index is 14.5. The Hall–Kier alpha value is -6.92. The molecule has 3 aromatic carbocycles. The highest BCUT2D eigenvalue weighted by Crippen LogP contribution is 2.17. The lowest BCUT2D eigenvalue weighted by Crippen LogP contribution is -2.59. The van der Waals surface area contributed by atoms with Crippen LogP contribution in [0.1, 0.15) is 57.9 Å². The lowest BCUT2D eigenvalue weighted by Gasteiger charge is -2.27. The van der Waals surface area contributed by atoms with Crippen molar-refractivity contribution in [3.63, 3.8) is 0 Å². The van der Waals surface area contributed by atoms with E-state index in [1.165, 1.54) is 13.3 Å². The summed E-state index contributed by atoms with van der Waals surface area (Å²) in [7, 11) is 0. The monoisotopic (exact) mass is 886 g/mol. The van der Waals surface area contributed by atoms with Crippen molar-refractivity contribution >= 4 is 58.6 Å². The van der Waals surface area contributed by atoms with Gasteiger partial charge >= 0.3 is 0 Å². The molecular weight excluding hydrogens is 829 g/mol. The van der Waals surface area contributed by atoms with Crippen LogP contribution in [0, 0.1) is 0 Å². The van der Waals surface area contributed by atoms with Gasteiger partial charge in [0.2, 0.25) is 35.4 Å². The zero-order valence-electron chi connectivity index (χ0n) is 36.7. The Balaban J connectivity index is 1.23. The number of aliphatic imine (C=N–C) groups is 2. The average Bonchev–Trinajstić information content (AvgIpc) is 4.04. The first-order valence-corrected chi connectivity index (χ1v) is 21.9. The summed E-state index contributed by atoms with van der Waals surface area (Å²) in [6.45, 7) is 4.38. The first-order valence-electron chi connectivity index (χ1n) is 21.9. The van der Waals surface area contributed by atoms with Crippen molar-refractivity contribution in [1.82, 2.24) is 26.6 Å². The van der Waals surface area contributed by atoms with E-state index in [-0.39, 0.29) is 44.7 Å². The standard InChI is InChI=1S/C47H58N12O6/c1-27-34(33-15-7-9-17-37(33)54-27)23-41(58-44(62)35(49)22-31-25-51-26-53-31)45(63)55-28(2)43(61)57-40(21-30-24-52-36-16-8-6-14-32(30)36)47(65)59-39(20-29-12-4-3-5-13-29)46(64)56-38(42(50)60)18-10-11-19-48/h3-9,12-17,26-28,35,38-41H,10-11,18-25,48-49H2,1-2H3,(H2,50,60)(H,55,63)(H,56,64)(H,57,61)(H,58,62)(H,59,65)/t27-,28-,35-,38-,39+,40-,41+/m0/s1. The number of carbonyl (C=O) groups is 6. The van der Waals surface area contributed by atoms with Crippen molar-refractivity contribution in [3.8, 4) is 0 Å². The second-order valence-electron chi connectivity index (χ2n) is 16.5. The molecule has 0 fully saturated rings. The fraction of sp³-hybridized carbons (Fsp3) is 0.404. The van der Waals surface area contributed by atoms with Crippen LogP contribution in [0.15, 0.2) is 98.8 Å². The van der Waals surface area contributed by atoms with E-state index in [9.17, 15) is 28.8 Å². The molecule has 0 saturated heterocycles. The van der Waals surface area contributed by atoms with Crippen LogP contribution in [0.2, 0.25) is 0 Å². The number of nitrogens with two attached hydrogens (primary N) is 3. The molecular formula is C47H58N12O6. The van der Waals surface area contributed by atoms with Gasteiger partial charge in [0, 0.05) is 41.8 Å². The summed E-state index contributed by atoms with van der Waals surface area (Å²) in [5.41, 5.74) is 20.6. The average molecular weight is 887 g/mol. The van der Waals surface area contributed by atoms with Crippen molar-refractivity contribution in [2.45, 2.75) is 101 Å². The Bertz CT molecular complexity index is 2580. The molecule has 3 aliphatic rings. The molecule has 3 aromatic rings. The molecule has 3 aliphatic heterocycles. The zero-order valence-corrected chi connectivity index (χ0v) is 36.7. The maximum Gasteiger partial charge on any atom is 0.243 e. The van der Waals surface area contributed by atoms with Gasteiger partial charge in [0.05, 0.1) is 35.9 Å². The van der Waals surface area contributed by atoms with Gasteiger partial charge in [-0.25, -0.2) is 4.99 Å². The first kappa shape index (κ1) is 47.6. The van der Waals surface area contributed by atoms with Crippen LogP contribution >= 0.6 is 0 Å². The molecule has 65 heavy (non-hydrogen) atoms. The number of carbonyl (C=O) groups excluding carboxylic acids is 6. The summed E-state index contributed by atoms with van der Waals surface area (Å²) in [4.78, 5) is 100. The second kappa shape index (κ2) is 22.6. The lowest BCUT2D eigenvalue weighted by atomic mass is 9.98. The Kier molecular flexibility index (Phi) is 16.6. The van der Waals surface area contributed by atoms with E-state index in [4.69, 9.17) is 22.2 Å². The molecule has 0 unspecified atom stereocenters. The summed E-state index contributed by atoms with van der Waals surface area (Å²) >= 11 is 0. The smallest absolute Gasteiger partial charge is 0.243 e. The number of nitrogens with zero attached hydrogens (tertiary/aromatic N) is 4. The van der Waals surface area contributed by atoms with Gasteiger partial charge < -0.3 is 43.8 Å². The number of fused-ring (bicyclic) bond motifs is 2. The normalized spacial score (nSPS) is 17.4. The number of unbranched alkanes of at least 4 members (excludes halogenated alkanes) is 1. The van der Waals surface area contributed by atoms with Gasteiger partial charge in [-0.05, 0) is 68.5 Å². The molecule has 342 valence electrons. The van der Waals surface area contributed by atoms with Crippen LogP contribution < -0.4 is 64.9 Å². The van der Waals surface area contributed by atoms with Crippen molar-refractivity contribution in [1.29, 1.82) is 0 Å². The van der Waals surface area contributed by atoms with Crippen molar-refractivity contribution in [3.05, 3.63) is 106 Å². The Morgan fingerprint density at radius 2 is 1.26 bits per heavy atom. The molecule has 3 heterocycles. The predicted octanol–water partition coefficient (Wildman–Crippen LogP) is -2.38. The van der Waals surface area contributed by atoms with Gasteiger partial charge in [0.25, 0.3) is 0 Å². The Morgan fingerprint density at radius 3 is 1.95 bits per heavy atom. The van der Waals surface area contributed by atoms with E-state index in [1.54, 1.807) is 24.3 Å². The van der Waals surface area contributed by atoms with E-state index in [0.717, 1.165) is 37.9 Å². The zero-order chi connectivity index (χ0) is 46.5. The third-order valence-electron chi connectivity index (χ3n) is 11.6. The highest BCUT2D eigenvalue weighted by Gasteiger charge is 2.34. The van der Waals surface area contributed by atoms with Crippen molar-refractivity contribution in [2.75, 3.05) is 19.6 Å². The van der Waals surface area contributed by atoms with E-state index < -0.39 is 71.7 Å². The van der Waals surface area contributed by atoms with Gasteiger partial charge in [-0.2, -0.15) is 0 Å². The minimum Gasteiger partial charge on any atom is -0.368 e. The summed E-state index contributed by atoms with van der Waals surface area (Å²) in [5, 5.41) is 17.1. The molecule has 18 heteroatoms. The number of amides is 6. The van der Waals surface area contributed by atoms with Crippen LogP contribution in [-0.4, -0.2) is 109 Å². The van der Waals surface area contributed by atoms with E-state index >= 15 is 0 Å². The van der Waals surface area contributed by atoms with Crippen LogP contribution in [0.4, 0.5) is 0 Å². The molecule has 0 aliphatic carbocycles. The van der Waals surface area contributed by atoms with Crippen LogP contribution in [0.25, 0.3) is 11.1 Å². The van der Waals surface area contributed by atoms with Gasteiger partial charge in [0.15, 0.2) is 0 Å². The quantitative estimate of drug-likeness (QED) is 0.0475. The van der Waals surface area contributed by atoms with Gasteiger partial charge in [-0.15, -0.1) is 0 Å². The summed E-state index contributed by atoms with van der Waals surface area (Å²) < 4.78 is 0. The number of para-hydroxylation sites is 2. The van der Waals surface area contributed by atoms with Crippen LogP contribution in [-0.2, 0) is 35.2 Å². The minimum atomic E-state index is -1.25. The molecule has 18 nitrogen and oxygen atoms in total. The molecule has 0 saturated carbocycles. The number of nitrogens with one attached hydrogen (secondary N) is 5. The number of rotatable bonds is 23. The molecule has 7 atom stereocenters. The van der Waals surface area contributed by atoms with E-state index in [1.807, 2.05) is 61.5 Å². The maximum absolute atomic E-state index is 14.5. The molecule has 0 spiro atoms.